The Kier molecular flexibility index (Phi) is 4.89. The lowest BCUT2D eigenvalue weighted by atomic mass is 9.88. The summed E-state index contributed by atoms with van der Waals surface area (Å²) in [5, 5.41) is -1.30. The summed E-state index contributed by atoms with van der Waals surface area (Å²) in [5.74, 6) is -0.320. The van der Waals surface area contributed by atoms with Crippen molar-refractivity contribution in [3.05, 3.63) is 12.7 Å². The standard InChI is InChI=1S/C14H14F3NO6S2/c1-5-7-23-9(19)8-12(3,4)25-11-13(6-2,10(20)18(8)11)24-26(21,22)14(15,16)17/h2,5,8,11H,1,7H2,3-4H3/t8-,11+,13+/m0/s1. The molecule has 2 rings (SSSR count). The molecule has 144 valence electrons. The summed E-state index contributed by atoms with van der Waals surface area (Å²) in [5.41, 5.74) is -8.43. The fourth-order valence-corrected chi connectivity index (χ4v) is 5.02. The molecule has 12 heteroatoms. The first-order valence-electron chi connectivity index (χ1n) is 7.03. The second kappa shape index (κ2) is 6.17. The third-order valence-electron chi connectivity index (χ3n) is 3.81. The number of hydrogen-bond donors (Lipinski definition) is 0. The van der Waals surface area contributed by atoms with Crippen LogP contribution in [-0.2, 0) is 28.6 Å². The van der Waals surface area contributed by atoms with Gasteiger partial charge in [-0.05, 0) is 13.8 Å². The molecule has 0 unspecified atom stereocenters. The number of terminal acetylenes is 1. The van der Waals surface area contributed by atoms with Crippen LogP contribution in [0.4, 0.5) is 13.2 Å². The van der Waals surface area contributed by atoms with Crippen molar-refractivity contribution in [1.82, 2.24) is 4.90 Å². The van der Waals surface area contributed by atoms with Gasteiger partial charge in [0.2, 0.25) is 0 Å². The molecule has 2 heterocycles. The van der Waals surface area contributed by atoms with Crippen LogP contribution in [0.3, 0.4) is 0 Å². The molecular formula is C14H14F3NO6S2. The van der Waals surface area contributed by atoms with Gasteiger partial charge in [0.15, 0.2) is 0 Å². The van der Waals surface area contributed by atoms with Gasteiger partial charge in [0.1, 0.15) is 18.0 Å². The van der Waals surface area contributed by atoms with Gasteiger partial charge in [0.05, 0.1) is 0 Å². The molecule has 0 spiro atoms. The summed E-state index contributed by atoms with van der Waals surface area (Å²) in [6, 6.07) is -1.18. The van der Waals surface area contributed by atoms with E-state index in [2.05, 4.69) is 10.8 Å². The molecular weight excluding hydrogens is 399 g/mol. The number of ether oxygens (including phenoxy) is 1. The van der Waals surface area contributed by atoms with Crippen LogP contribution in [0, 0.1) is 12.3 Å². The van der Waals surface area contributed by atoms with Gasteiger partial charge < -0.3 is 9.64 Å². The van der Waals surface area contributed by atoms with E-state index in [-0.39, 0.29) is 6.61 Å². The Hall–Kier alpha value is -1.71. The molecule has 0 bridgehead atoms. The van der Waals surface area contributed by atoms with Crippen LogP contribution in [-0.4, -0.2) is 59.1 Å². The lowest BCUT2D eigenvalue weighted by Crippen LogP contribution is -2.74. The highest BCUT2D eigenvalue weighted by atomic mass is 32.2. The Labute approximate surface area is 152 Å². The molecule has 0 aromatic rings. The van der Waals surface area contributed by atoms with Gasteiger partial charge in [0, 0.05) is 4.75 Å². The van der Waals surface area contributed by atoms with E-state index in [9.17, 15) is 31.2 Å². The average Bonchev–Trinajstić information content (AvgIpc) is 2.78. The third-order valence-corrected chi connectivity index (χ3v) is 6.47. The van der Waals surface area contributed by atoms with E-state index in [0.717, 1.165) is 16.7 Å². The quantitative estimate of drug-likeness (QED) is 0.166. The van der Waals surface area contributed by atoms with Gasteiger partial charge in [-0.2, -0.15) is 21.6 Å². The molecule has 0 saturated carbocycles. The van der Waals surface area contributed by atoms with Crippen molar-refractivity contribution < 1.29 is 40.1 Å². The maximum atomic E-state index is 12.6. The first-order chi connectivity index (χ1) is 11.7. The van der Waals surface area contributed by atoms with Crippen LogP contribution < -0.4 is 0 Å². The van der Waals surface area contributed by atoms with E-state index in [1.54, 1.807) is 19.8 Å². The minimum atomic E-state index is -6.12. The molecule has 0 aromatic heterocycles. The van der Waals surface area contributed by atoms with Crippen molar-refractivity contribution >= 4 is 33.8 Å². The maximum absolute atomic E-state index is 12.6. The van der Waals surface area contributed by atoms with E-state index in [1.807, 2.05) is 0 Å². The van der Waals surface area contributed by atoms with Crippen LogP contribution in [0.5, 0.6) is 0 Å². The van der Waals surface area contributed by atoms with Crippen molar-refractivity contribution in [3.8, 4) is 12.3 Å². The smallest absolute Gasteiger partial charge is 0.460 e. The number of carbonyl (C=O) groups is 2. The van der Waals surface area contributed by atoms with Gasteiger partial charge in [-0.25, -0.2) is 8.98 Å². The Morgan fingerprint density at radius 1 is 1.50 bits per heavy atom. The molecule has 2 aliphatic heterocycles. The average molecular weight is 413 g/mol. The first-order valence-corrected chi connectivity index (χ1v) is 9.32. The number of hydrogen-bond acceptors (Lipinski definition) is 7. The molecule has 0 aliphatic carbocycles. The zero-order valence-corrected chi connectivity index (χ0v) is 15.2. The van der Waals surface area contributed by atoms with E-state index in [4.69, 9.17) is 11.2 Å². The highest BCUT2D eigenvalue weighted by molar-refractivity contribution is 8.01. The minimum Gasteiger partial charge on any atom is -0.460 e. The fourth-order valence-electron chi connectivity index (χ4n) is 2.68. The van der Waals surface area contributed by atoms with E-state index in [1.165, 1.54) is 6.08 Å². The number of nitrogens with zero attached hydrogens (tertiary/aromatic N) is 1. The van der Waals surface area contributed by atoms with Crippen molar-refractivity contribution in [1.29, 1.82) is 0 Å². The van der Waals surface area contributed by atoms with Crippen molar-refractivity contribution in [2.75, 3.05) is 6.61 Å². The van der Waals surface area contributed by atoms with Crippen molar-refractivity contribution in [3.63, 3.8) is 0 Å². The Bertz CT molecular complexity index is 800. The number of rotatable bonds is 5. The highest BCUT2D eigenvalue weighted by Crippen LogP contribution is 2.57. The molecule has 1 amide bonds. The molecule has 7 nitrogen and oxygen atoms in total. The van der Waals surface area contributed by atoms with Gasteiger partial charge in [0.25, 0.3) is 11.5 Å². The third kappa shape index (κ3) is 2.87. The predicted molar refractivity (Wildman–Crippen MR) is 84.9 cm³/mol. The molecule has 0 radical (unpaired) electrons. The summed E-state index contributed by atoms with van der Waals surface area (Å²) in [7, 11) is -6.12. The Balaban J connectivity index is 2.38. The van der Waals surface area contributed by atoms with Crippen LogP contribution >= 0.6 is 11.8 Å². The minimum absolute atomic E-state index is 0.137. The normalized spacial score (nSPS) is 30.2. The number of carbonyl (C=O) groups excluding carboxylic acids is 2. The summed E-state index contributed by atoms with van der Waals surface area (Å²) < 4.78 is 68.6. The molecule has 2 aliphatic rings. The van der Waals surface area contributed by atoms with Crippen LogP contribution in [0.2, 0.25) is 0 Å². The first kappa shape index (κ1) is 20.6. The second-order valence-corrected chi connectivity index (χ2v) is 9.24. The molecule has 2 fully saturated rings. The number of fused-ring (bicyclic) bond motifs is 1. The number of thioether (sulfide) groups is 1. The van der Waals surface area contributed by atoms with E-state index < -0.39 is 49.3 Å². The van der Waals surface area contributed by atoms with Crippen molar-refractivity contribution in [2.45, 2.75) is 41.1 Å². The second-order valence-electron chi connectivity index (χ2n) is 5.97. The summed E-state index contributed by atoms with van der Waals surface area (Å²) in [6.45, 7) is 6.33. The zero-order valence-electron chi connectivity index (χ0n) is 13.6. The van der Waals surface area contributed by atoms with Gasteiger partial charge in [-0.1, -0.05) is 18.6 Å². The number of alkyl halides is 3. The molecule has 2 saturated heterocycles. The monoisotopic (exact) mass is 413 g/mol. The number of esters is 1. The summed E-state index contributed by atoms with van der Waals surface area (Å²) in [4.78, 5) is 25.6. The summed E-state index contributed by atoms with van der Waals surface area (Å²) >= 11 is 0.853. The molecule has 0 N–H and O–H groups in total. The summed E-state index contributed by atoms with van der Waals surface area (Å²) in [6.07, 6.45) is 6.46. The molecule has 0 aromatic carbocycles. The van der Waals surface area contributed by atoms with E-state index in [0.29, 0.717) is 0 Å². The number of β-lactam (4-membered cyclic amide) rings is 1. The Morgan fingerprint density at radius 2 is 2.08 bits per heavy atom. The van der Waals surface area contributed by atoms with Crippen LogP contribution in [0.25, 0.3) is 0 Å². The molecule has 26 heavy (non-hydrogen) atoms. The lowest BCUT2D eigenvalue weighted by Gasteiger charge is -2.48. The lowest BCUT2D eigenvalue weighted by molar-refractivity contribution is -0.178. The van der Waals surface area contributed by atoms with Crippen LogP contribution in [0.1, 0.15) is 13.8 Å². The largest absolute Gasteiger partial charge is 0.523 e. The molecule has 3 atom stereocenters. The Morgan fingerprint density at radius 3 is 2.54 bits per heavy atom. The van der Waals surface area contributed by atoms with Gasteiger partial charge in [-0.15, -0.1) is 18.2 Å². The number of halogens is 3. The van der Waals surface area contributed by atoms with E-state index >= 15 is 0 Å². The maximum Gasteiger partial charge on any atom is 0.523 e. The van der Waals surface area contributed by atoms with Crippen molar-refractivity contribution in [2.24, 2.45) is 0 Å². The zero-order chi connectivity index (χ0) is 20.1. The number of amides is 1. The van der Waals surface area contributed by atoms with Gasteiger partial charge in [-0.3, -0.25) is 4.79 Å². The SMILES string of the molecule is C#C[C@@]1(OS(=O)(=O)C(F)(F)F)C(=O)N2[C@@H](C(=O)OCC=C)C(C)(C)S[C@@H]21. The fraction of sp³-hybridized carbons (Fsp3) is 0.571. The predicted octanol–water partition coefficient (Wildman–Crippen LogP) is 1.02. The van der Waals surface area contributed by atoms with Crippen LogP contribution in [0.15, 0.2) is 12.7 Å². The highest BCUT2D eigenvalue weighted by Gasteiger charge is 2.75. The van der Waals surface area contributed by atoms with Gasteiger partial charge >= 0.3 is 21.6 Å². The topological polar surface area (TPSA) is 90.0 Å².